The number of aryl methyl sites for hydroxylation is 1. The Morgan fingerprint density at radius 2 is 2.25 bits per heavy atom. The van der Waals surface area contributed by atoms with Gasteiger partial charge in [0, 0.05) is 0 Å². The van der Waals surface area contributed by atoms with Crippen molar-refractivity contribution in [3.05, 3.63) is 21.5 Å². The highest BCUT2D eigenvalue weighted by Gasteiger charge is 2.29. The molecule has 1 amide bonds. The van der Waals surface area contributed by atoms with Gasteiger partial charge in [0.15, 0.2) is 5.69 Å². The number of nitrogens with zero attached hydrogens (tertiary/aromatic N) is 3. The molecular formula is C9H14N4O3. The van der Waals surface area contributed by atoms with Gasteiger partial charge in [0.25, 0.3) is 0 Å². The molecule has 7 nitrogen and oxygen atoms in total. The highest BCUT2D eigenvalue weighted by atomic mass is 16.6. The molecule has 1 atom stereocenters. The Balaban J connectivity index is 3.38. The zero-order chi connectivity index (χ0) is 12.5. The number of amides is 1. The lowest BCUT2D eigenvalue weighted by molar-refractivity contribution is -0.396. The first-order valence-electron chi connectivity index (χ1n) is 4.90. The maximum absolute atomic E-state index is 11.1. The second kappa shape index (κ2) is 4.30. The summed E-state index contributed by atoms with van der Waals surface area (Å²) in [4.78, 5) is 25.1. The summed E-state index contributed by atoms with van der Waals surface area (Å²) in [5, 5.41) is 10.7. The lowest BCUT2D eigenvalue weighted by Gasteiger charge is -2.07. The van der Waals surface area contributed by atoms with Crippen LogP contribution in [0.5, 0.6) is 0 Å². The van der Waals surface area contributed by atoms with Gasteiger partial charge >= 0.3 is 5.95 Å². The van der Waals surface area contributed by atoms with Crippen molar-refractivity contribution in [3.63, 3.8) is 0 Å². The SMILES string of the molecule is CCn1c([N+](=O)[O-])nc(C)c1C(C)C(N)=O. The van der Waals surface area contributed by atoms with Gasteiger partial charge < -0.3 is 15.8 Å². The first kappa shape index (κ1) is 12.2. The van der Waals surface area contributed by atoms with Crippen molar-refractivity contribution in [2.24, 2.45) is 5.73 Å². The largest absolute Gasteiger partial charge is 0.435 e. The van der Waals surface area contributed by atoms with Gasteiger partial charge in [-0.15, -0.1) is 0 Å². The van der Waals surface area contributed by atoms with Crippen LogP contribution >= 0.6 is 0 Å². The topological polar surface area (TPSA) is 104 Å². The molecule has 0 spiro atoms. The third-order valence-electron chi connectivity index (χ3n) is 2.49. The first-order valence-corrected chi connectivity index (χ1v) is 4.90. The van der Waals surface area contributed by atoms with Crippen molar-refractivity contribution in [1.82, 2.24) is 9.55 Å². The fourth-order valence-corrected chi connectivity index (χ4v) is 1.70. The Hall–Kier alpha value is -1.92. The van der Waals surface area contributed by atoms with E-state index in [2.05, 4.69) is 4.98 Å². The molecule has 0 saturated carbocycles. The monoisotopic (exact) mass is 226 g/mol. The summed E-state index contributed by atoms with van der Waals surface area (Å²) in [6, 6.07) is 0. The predicted octanol–water partition coefficient (Wildman–Crippen LogP) is 0.708. The van der Waals surface area contributed by atoms with Crippen molar-refractivity contribution in [2.45, 2.75) is 33.2 Å². The average Bonchev–Trinajstić information content (AvgIpc) is 2.53. The van der Waals surface area contributed by atoms with Crippen LogP contribution in [0.3, 0.4) is 0 Å². The fourth-order valence-electron chi connectivity index (χ4n) is 1.70. The molecule has 1 rings (SSSR count). The Morgan fingerprint density at radius 3 is 2.62 bits per heavy atom. The number of hydrogen-bond acceptors (Lipinski definition) is 4. The molecule has 0 fully saturated rings. The maximum atomic E-state index is 11.1. The second-order valence-electron chi connectivity index (χ2n) is 3.51. The minimum absolute atomic E-state index is 0.247. The van der Waals surface area contributed by atoms with Crippen LogP contribution in [0, 0.1) is 17.0 Å². The average molecular weight is 226 g/mol. The number of carbonyl (C=O) groups excluding carboxylic acids is 1. The lowest BCUT2D eigenvalue weighted by Crippen LogP contribution is -2.22. The smallest absolute Gasteiger partial charge is 0.390 e. The van der Waals surface area contributed by atoms with Crippen molar-refractivity contribution in [2.75, 3.05) is 0 Å². The summed E-state index contributed by atoms with van der Waals surface area (Å²) in [5.41, 5.74) is 6.18. The van der Waals surface area contributed by atoms with E-state index in [1.807, 2.05) is 0 Å². The number of carbonyl (C=O) groups is 1. The van der Waals surface area contributed by atoms with Crippen LogP contribution in [-0.2, 0) is 11.3 Å². The number of primary amides is 1. The van der Waals surface area contributed by atoms with Crippen LogP contribution in [0.2, 0.25) is 0 Å². The molecule has 0 aromatic carbocycles. The molecule has 2 N–H and O–H groups in total. The van der Waals surface area contributed by atoms with Crippen LogP contribution in [0.25, 0.3) is 0 Å². The van der Waals surface area contributed by atoms with Crippen molar-refractivity contribution >= 4 is 11.9 Å². The first-order chi connectivity index (χ1) is 7.40. The van der Waals surface area contributed by atoms with E-state index < -0.39 is 16.7 Å². The van der Waals surface area contributed by atoms with Gasteiger partial charge in [0.05, 0.1) is 12.5 Å². The third-order valence-corrected chi connectivity index (χ3v) is 2.49. The molecule has 1 heterocycles. The normalized spacial score (nSPS) is 12.4. The van der Waals surface area contributed by atoms with Gasteiger partial charge in [-0.1, -0.05) is 4.98 Å². The van der Waals surface area contributed by atoms with Crippen molar-refractivity contribution < 1.29 is 9.72 Å². The zero-order valence-electron chi connectivity index (χ0n) is 9.43. The maximum Gasteiger partial charge on any atom is 0.435 e. The van der Waals surface area contributed by atoms with Crippen LogP contribution in [0.4, 0.5) is 5.95 Å². The van der Waals surface area contributed by atoms with Gasteiger partial charge in [-0.05, 0) is 25.7 Å². The van der Waals surface area contributed by atoms with Crippen LogP contribution in [0.1, 0.15) is 31.2 Å². The molecule has 0 aliphatic rings. The molecule has 1 unspecified atom stereocenters. The van der Waals surface area contributed by atoms with Crippen LogP contribution in [0.15, 0.2) is 0 Å². The summed E-state index contributed by atoms with van der Waals surface area (Å²) in [6.07, 6.45) is 0. The summed E-state index contributed by atoms with van der Waals surface area (Å²) >= 11 is 0. The Kier molecular flexibility index (Phi) is 3.26. The molecule has 0 radical (unpaired) electrons. The minimum Gasteiger partial charge on any atom is -0.390 e. The molecule has 0 bridgehead atoms. The van der Waals surface area contributed by atoms with E-state index in [0.29, 0.717) is 17.9 Å². The molecular weight excluding hydrogens is 212 g/mol. The van der Waals surface area contributed by atoms with E-state index >= 15 is 0 Å². The highest BCUT2D eigenvalue weighted by Crippen LogP contribution is 2.24. The van der Waals surface area contributed by atoms with Crippen molar-refractivity contribution in [1.29, 1.82) is 0 Å². The lowest BCUT2D eigenvalue weighted by atomic mass is 10.1. The molecule has 88 valence electrons. The van der Waals surface area contributed by atoms with E-state index in [-0.39, 0.29) is 5.95 Å². The molecule has 0 aliphatic heterocycles. The zero-order valence-corrected chi connectivity index (χ0v) is 9.43. The Labute approximate surface area is 92.4 Å². The van der Waals surface area contributed by atoms with Crippen LogP contribution in [-0.4, -0.2) is 20.4 Å². The number of hydrogen-bond donors (Lipinski definition) is 1. The second-order valence-corrected chi connectivity index (χ2v) is 3.51. The highest BCUT2D eigenvalue weighted by molar-refractivity contribution is 5.81. The Bertz CT molecular complexity index is 438. The van der Waals surface area contributed by atoms with Crippen LogP contribution < -0.4 is 5.73 Å². The van der Waals surface area contributed by atoms with Gasteiger partial charge in [0.2, 0.25) is 5.91 Å². The minimum atomic E-state index is -0.582. The fraction of sp³-hybridized carbons (Fsp3) is 0.556. The van der Waals surface area contributed by atoms with Gasteiger partial charge in [-0.25, -0.2) is 4.57 Å². The molecule has 0 aliphatic carbocycles. The summed E-state index contributed by atoms with van der Waals surface area (Å²) in [6.45, 7) is 5.38. The Morgan fingerprint density at radius 1 is 1.69 bits per heavy atom. The van der Waals surface area contributed by atoms with Gasteiger partial charge in [-0.3, -0.25) is 4.79 Å². The van der Waals surface area contributed by atoms with Crippen molar-refractivity contribution in [3.8, 4) is 0 Å². The van der Waals surface area contributed by atoms with E-state index in [0.717, 1.165) is 0 Å². The number of nitro groups is 1. The number of imidazole rings is 1. The summed E-state index contributed by atoms with van der Waals surface area (Å²) < 4.78 is 1.41. The summed E-state index contributed by atoms with van der Waals surface area (Å²) in [7, 11) is 0. The molecule has 1 aromatic heterocycles. The quantitative estimate of drug-likeness (QED) is 0.602. The molecule has 0 saturated heterocycles. The van der Waals surface area contributed by atoms with E-state index in [4.69, 9.17) is 5.73 Å². The predicted molar refractivity (Wildman–Crippen MR) is 56.9 cm³/mol. The van der Waals surface area contributed by atoms with E-state index in [1.54, 1.807) is 20.8 Å². The standard InChI is InChI=1S/C9H14N4O3/c1-4-12-7(5(2)8(10)14)6(3)11-9(12)13(15)16/h5H,4H2,1-3H3,(H2,10,14). The number of rotatable bonds is 4. The van der Waals surface area contributed by atoms with Gasteiger partial charge in [-0.2, -0.15) is 0 Å². The summed E-state index contributed by atoms with van der Waals surface area (Å²) in [5.74, 6) is -1.35. The van der Waals surface area contributed by atoms with E-state index in [1.165, 1.54) is 4.57 Å². The van der Waals surface area contributed by atoms with E-state index in [9.17, 15) is 14.9 Å². The number of nitrogens with two attached hydrogens (primary N) is 1. The molecule has 7 heteroatoms. The number of aromatic nitrogens is 2. The molecule has 1 aromatic rings. The van der Waals surface area contributed by atoms with Gasteiger partial charge in [0.1, 0.15) is 5.69 Å². The third kappa shape index (κ3) is 1.88. The molecule has 16 heavy (non-hydrogen) atoms.